The molecule has 0 fully saturated rings. The maximum absolute atomic E-state index is 10.9. The van der Waals surface area contributed by atoms with Crippen LogP contribution in [0.3, 0.4) is 0 Å². The van der Waals surface area contributed by atoms with Crippen LogP contribution in [0.4, 0.5) is 0 Å². The Morgan fingerprint density at radius 2 is 1.67 bits per heavy atom. The number of halogens is 1. The summed E-state index contributed by atoms with van der Waals surface area (Å²) in [6.45, 7) is 0. The van der Waals surface area contributed by atoms with Crippen molar-refractivity contribution in [3.63, 3.8) is 0 Å². The molecular weight excluding hydrogens is 252 g/mol. The molecule has 0 aliphatic rings. The van der Waals surface area contributed by atoms with E-state index in [1.165, 1.54) is 0 Å². The molecule has 0 atom stereocenters. The number of rotatable bonds is 2. The molecule has 0 N–H and O–H groups in total. The Bertz CT molecular complexity index is 477. The Morgan fingerprint density at radius 3 is 2.33 bits per heavy atom. The van der Waals surface area contributed by atoms with Gasteiger partial charge in [0.15, 0.2) is 6.29 Å². The fourth-order valence-electron chi connectivity index (χ4n) is 1.55. The van der Waals surface area contributed by atoms with Gasteiger partial charge >= 0.3 is 0 Å². The largest absolute Gasteiger partial charge is 0.298 e. The SMILES string of the molecule is O=Cc1cccc(Br)c1-c1ccccc1. The Balaban J connectivity index is 2.66. The van der Waals surface area contributed by atoms with E-state index >= 15 is 0 Å². The van der Waals surface area contributed by atoms with Crippen LogP contribution >= 0.6 is 15.9 Å². The molecule has 2 rings (SSSR count). The minimum Gasteiger partial charge on any atom is -0.298 e. The van der Waals surface area contributed by atoms with Crippen molar-refractivity contribution in [1.82, 2.24) is 0 Å². The molecular formula is C13H9BrO. The zero-order valence-corrected chi connectivity index (χ0v) is 9.57. The maximum atomic E-state index is 10.9. The second kappa shape index (κ2) is 4.41. The van der Waals surface area contributed by atoms with E-state index in [-0.39, 0.29) is 0 Å². The van der Waals surface area contributed by atoms with Crippen molar-refractivity contribution in [3.8, 4) is 11.1 Å². The zero-order chi connectivity index (χ0) is 10.7. The van der Waals surface area contributed by atoms with E-state index in [9.17, 15) is 4.79 Å². The van der Waals surface area contributed by atoms with Gasteiger partial charge < -0.3 is 0 Å². The maximum Gasteiger partial charge on any atom is 0.150 e. The number of benzene rings is 2. The van der Waals surface area contributed by atoms with Crippen LogP contribution in [0.2, 0.25) is 0 Å². The van der Waals surface area contributed by atoms with Crippen molar-refractivity contribution in [2.24, 2.45) is 0 Å². The van der Waals surface area contributed by atoms with E-state index < -0.39 is 0 Å². The summed E-state index contributed by atoms with van der Waals surface area (Å²) in [6, 6.07) is 15.5. The molecule has 2 heteroatoms. The summed E-state index contributed by atoms with van der Waals surface area (Å²) in [5, 5.41) is 0. The quantitative estimate of drug-likeness (QED) is 0.748. The molecule has 0 radical (unpaired) electrons. The smallest absolute Gasteiger partial charge is 0.150 e. The summed E-state index contributed by atoms with van der Waals surface area (Å²) in [4.78, 5) is 10.9. The fraction of sp³-hybridized carbons (Fsp3) is 0. The van der Waals surface area contributed by atoms with Gasteiger partial charge in [-0.15, -0.1) is 0 Å². The minimum absolute atomic E-state index is 0.704. The lowest BCUT2D eigenvalue weighted by atomic mass is 10.0. The Morgan fingerprint density at radius 1 is 0.933 bits per heavy atom. The lowest BCUT2D eigenvalue weighted by Crippen LogP contribution is -1.88. The van der Waals surface area contributed by atoms with Crippen LogP contribution in [-0.2, 0) is 0 Å². The van der Waals surface area contributed by atoms with E-state index in [1.807, 2.05) is 48.5 Å². The summed E-state index contributed by atoms with van der Waals surface area (Å²) in [5.74, 6) is 0. The average Bonchev–Trinajstić information content (AvgIpc) is 2.29. The molecule has 1 nitrogen and oxygen atoms in total. The minimum atomic E-state index is 0.704. The van der Waals surface area contributed by atoms with Crippen molar-refractivity contribution in [3.05, 3.63) is 58.6 Å². The zero-order valence-electron chi connectivity index (χ0n) is 7.98. The van der Waals surface area contributed by atoms with Gasteiger partial charge in [-0.05, 0) is 11.6 Å². The molecule has 2 aromatic carbocycles. The van der Waals surface area contributed by atoms with Crippen LogP contribution in [-0.4, -0.2) is 6.29 Å². The Kier molecular flexibility index (Phi) is 2.97. The van der Waals surface area contributed by atoms with Gasteiger partial charge in [0.25, 0.3) is 0 Å². The third-order valence-electron chi connectivity index (χ3n) is 2.24. The highest BCUT2D eigenvalue weighted by Gasteiger charge is 2.07. The van der Waals surface area contributed by atoms with Crippen LogP contribution in [0.25, 0.3) is 11.1 Å². The van der Waals surface area contributed by atoms with Gasteiger partial charge in [0, 0.05) is 15.6 Å². The lowest BCUT2D eigenvalue weighted by Gasteiger charge is -2.07. The first-order valence-electron chi connectivity index (χ1n) is 4.62. The molecule has 0 saturated carbocycles. The van der Waals surface area contributed by atoms with E-state index in [4.69, 9.17) is 0 Å². The monoisotopic (exact) mass is 260 g/mol. The molecule has 74 valence electrons. The summed E-state index contributed by atoms with van der Waals surface area (Å²) in [6.07, 6.45) is 0.882. The van der Waals surface area contributed by atoms with Gasteiger partial charge in [-0.25, -0.2) is 0 Å². The molecule has 15 heavy (non-hydrogen) atoms. The van der Waals surface area contributed by atoms with Crippen LogP contribution < -0.4 is 0 Å². The average molecular weight is 261 g/mol. The lowest BCUT2D eigenvalue weighted by molar-refractivity contribution is 0.112. The summed E-state index contributed by atoms with van der Waals surface area (Å²) in [5.41, 5.74) is 2.70. The standard InChI is InChI=1S/C13H9BrO/c14-12-8-4-7-11(9-15)13(12)10-5-2-1-3-6-10/h1-9H. The Labute approximate surface area is 96.9 Å². The summed E-state index contributed by atoms with van der Waals surface area (Å²) < 4.78 is 0.943. The molecule has 0 spiro atoms. The first kappa shape index (κ1) is 10.1. The predicted octanol–water partition coefficient (Wildman–Crippen LogP) is 3.93. The summed E-state index contributed by atoms with van der Waals surface area (Å²) >= 11 is 3.47. The second-order valence-corrected chi connectivity index (χ2v) is 4.04. The van der Waals surface area contributed by atoms with Crippen LogP contribution in [0, 0.1) is 0 Å². The van der Waals surface area contributed by atoms with Crippen molar-refractivity contribution >= 4 is 22.2 Å². The van der Waals surface area contributed by atoms with Crippen molar-refractivity contribution in [2.75, 3.05) is 0 Å². The van der Waals surface area contributed by atoms with Gasteiger partial charge in [0.2, 0.25) is 0 Å². The van der Waals surface area contributed by atoms with Crippen molar-refractivity contribution in [1.29, 1.82) is 0 Å². The molecule has 0 heterocycles. The highest BCUT2D eigenvalue weighted by atomic mass is 79.9. The second-order valence-electron chi connectivity index (χ2n) is 3.19. The van der Waals surface area contributed by atoms with Crippen LogP contribution in [0.5, 0.6) is 0 Å². The molecule has 0 saturated heterocycles. The molecule has 0 aliphatic carbocycles. The molecule has 0 bridgehead atoms. The van der Waals surface area contributed by atoms with E-state index in [1.54, 1.807) is 0 Å². The predicted molar refractivity (Wildman–Crippen MR) is 65.0 cm³/mol. The number of hydrogen-bond donors (Lipinski definition) is 0. The number of carbonyl (C=O) groups excluding carboxylic acids is 1. The molecule has 0 amide bonds. The third-order valence-corrected chi connectivity index (χ3v) is 2.90. The molecule has 0 aromatic heterocycles. The molecule has 2 aromatic rings. The fourth-order valence-corrected chi connectivity index (χ4v) is 2.16. The van der Waals surface area contributed by atoms with Gasteiger partial charge in [-0.2, -0.15) is 0 Å². The number of carbonyl (C=O) groups is 1. The van der Waals surface area contributed by atoms with E-state index in [2.05, 4.69) is 15.9 Å². The Hall–Kier alpha value is -1.41. The van der Waals surface area contributed by atoms with Gasteiger partial charge in [0.1, 0.15) is 0 Å². The first-order valence-corrected chi connectivity index (χ1v) is 5.41. The van der Waals surface area contributed by atoms with Gasteiger partial charge in [0.05, 0.1) is 0 Å². The molecule has 0 unspecified atom stereocenters. The van der Waals surface area contributed by atoms with Gasteiger partial charge in [-0.1, -0.05) is 58.4 Å². The van der Waals surface area contributed by atoms with E-state index in [0.717, 1.165) is 21.9 Å². The normalized spacial score (nSPS) is 9.93. The van der Waals surface area contributed by atoms with Crippen LogP contribution in [0.15, 0.2) is 53.0 Å². The van der Waals surface area contributed by atoms with Crippen LogP contribution in [0.1, 0.15) is 10.4 Å². The topological polar surface area (TPSA) is 17.1 Å². The highest BCUT2D eigenvalue weighted by molar-refractivity contribution is 9.10. The number of aldehydes is 1. The third kappa shape index (κ3) is 2.00. The highest BCUT2D eigenvalue weighted by Crippen LogP contribution is 2.30. The van der Waals surface area contributed by atoms with Gasteiger partial charge in [-0.3, -0.25) is 4.79 Å². The van der Waals surface area contributed by atoms with Crippen molar-refractivity contribution in [2.45, 2.75) is 0 Å². The van der Waals surface area contributed by atoms with E-state index in [0.29, 0.717) is 5.56 Å². The number of hydrogen-bond acceptors (Lipinski definition) is 1. The molecule has 0 aliphatic heterocycles. The van der Waals surface area contributed by atoms with Crippen molar-refractivity contribution < 1.29 is 4.79 Å². The summed E-state index contributed by atoms with van der Waals surface area (Å²) in [7, 11) is 0. The first-order chi connectivity index (χ1) is 7.33.